The fourth-order valence-corrected chi connectivity index (χ4v) is 1.76. The molecule has 0 bridgehead atoms. The minimum absolute atomic E-state index is 0.341. The third kappa shape index (κ3) is 4.18. The highest BCUT2D eigenvalue weighted by molar-refractivity contribution is 5.93. The number of aromatic nitrogens is 1. The van der Waals surface area contributed by atoms with Gasteiger partial charge in [-0.3, -0.25) is 15.2 Å². The van der Waals surface area contributed by atoms with Gasteiger partial charge in [-0.25, -0.2) is 5.84 Å². The van der Waals surface area contributed by atoms with Crippen LogP contribution in [0.3, 0.4) is 0 Å². The summed E-state index contributed by atoms with van der Waals surface area (Å²) in [5.74, 6) is 5.26. The number of amides is 1. The lowest BCUT2D eigenvalue weighted by molar-refractivity contribution is 0.0953. The molecule has 2 rings (SSSR count). The number of carbonyl (C=O) groups excluding carboxylic acids is 1. The summed E-state index contributed by atoms with van der Waals surface area (Å²) in [6.45, 7) is 0.968. The number of ether oxygens (including phenoxy) is 1. The molecule has 0 atom stereocenters. The molecule has 3 N–H and O–H groups in total. The molecule has 6 heteroatoms. The molecule has 0 aromatic carbocycles. The van der Waals surface area contributed by atoms with Crippen LogP contribution < -0.4 is 11.3 Å². The fraction of sp³-hybridized carbons (Fsp3) is 0.286. The number of aryl methyl sites for hydroxylation is 1. The number of hydrogen-bond donors (Lipinski definition) is 2. The lowest BCUT2D eigenvalue weighted by Crippen LogP contribution is -2.29. The van der Waals surface area contributed by atoms with Crippen molar-refractivity contribution in [3.63, 3.8) is 0 Å². The van der Waals surface area contributed by atoms with E-state index >= 15 is 0 Å². The Labute approximate surface area is 116 Å². The molecule has 0 radical (unpaired) electrons. The number of nitrogen functional groups attached to an aromatic ring is 1. The van der Waals surface area contributed by atoms with Crippen LogP contribution in [-0.2, 0) is 17.8 Å². The molecule has 0 aliphatic rings. The van der Waals surface area contributed by atoms with Crippen LogP contribution in [0.1, 0.15) is 28.1 Å². The normalized spacial score (nSPS) is 10.4. The molecular formula is C14H17N3O3. The van der Waals surface area contributed by atoms with Crippen LogP contribution in [0.2, 0.25) is 0 Å². The number of nitrogens with zero attached hydrogens (tertiary/aromatic N) is 1. The zero-order valence-corrected chi connectivity index (χ0v) is 11.0. The molecule has 0 aliphatic carbocycles. The highest BCUT2D eigenvalue weighted by Crippen LogP contribution is 2.09. The number of pyridine rings is 1. The fourth-order valence-electron chi connectivity index (χ4n) is 1.76. The maximum absolute atomic E-state index is 11.2. The van der Waals surface area contributed by atoms with Gasteiger partial charge in [0.15, 0.2) is 0 Å². The number of rotatable bonds is 7. The first-order valence-electron chi connectivity index (χ1n) is 6.34. The molecule has 6 nitrogen and oxygen atoms in total. The van der Waals surface area contributed by atoms with Gasteiger partial charge in [-0.2, -0.15) is 0 Å². The Morgan fingerprint density at radius 3 is 2.95 bits per heavy atom. The highest BCUT2D eigenvalue weighted by Gasteiger charge is 2.08. The summed E-state index contributed by atoms with van der Waals surface area (Å²) in [5.41, 5.74) is 3.68. The van der Waals surface area contributed by atoms with Gasteiger partial charge in [0.1, 0.15) is 18.6 Å². The van der Waals surface area contributed by atoms with E-state index in [0.29, 0.717) is 24.5 Å². The van der Waals surface area contributed by atoms with Gasteiger partial charge in [-0.15, -0.1) is 0 Å². The van der Waals surface area contributed by atoms with E-state index in [1.54, 1.807) is 18.5 Å². The summed E-state index contributed by atoms with van der Waals surface area (Å²) in [4.78, 5) is 15.2. The molecular weight excluding hydrogens is 258 g/mol. The van der Waals surface area contributed by atoms with E-state index in [0.717, 1.165) is 12.8 Å². The van der Waals surface area contributed by atoms with Crippen LogP contribution in [0, 0.1) is 0 Å². The second kappa shape index (κ2) is 7.42. The summed E-state index contributed by atoms with van der Waals surface area (Å²) in [7, 11) is 0. The average molecular weight is 275 g/mol. The van der Waals surface area contributed by atoms with Crippen LogP contribution in [0.15, 0.2) is 41.3 Å². The lowest BCUT2D eigenvalue weighted by Gasteiger charge is -2.02. The number of hydrazine groups is 1. The quantitative estimate of drug-likeness (QED) is 0.345. The zero-order valence-electron chi connectivity index (χ0n) is 11.0. The predicted octanol–water partition coefficient (Wildman–Crippen LogP) is 1.43. The van der Waals surface area contributed by atoms with E-state index < -0.39 is 0 Å². The maximum atomic E-state index is 11.2. The summed E-state index contributed by atoms with van der Waals surface area (Å²) >= 11 is 0. The van der Waals surface area contributed by atoms with Gasteiger partial charge in [0.05, 0.1) is 5.56 Å². The van der Waals surface area contributed by atoms with Crippen molar-refractivity contribution in [2.75, 3.05) is 6.61 Å². The molecule has 0 saturated carbocycles. The summed E-state index contributed by atoms with van der Waals surface area (Å²) < 4.78 is 10.7. The number of hydrogen-bond acceptors (Lipinski definition) is 5. The average Bonchev–Trinajstić information content (AvgIpc) is 2.96. The Kier molecular flexibility index (Phi) is 5.28. The molecule has 2 aromatic rings. The molecule has 0 aliphatic heterocycles. The van der Waals surface area contributed by atoms with Crippen molar-refractivity contribution in [2.24, 2.45) is 5.84 Å². The van der Waals surface area contributed by atoms with Crippen molar-refractivity contribution in [1.29, 1.82) is 0 Å². The predicted molar refractivity (Wildman–Crippen MR) is 72.6 cm³/mol. The molecule has 20 heavy (non-hydrogen) atoms. The Morgan fingerprint density at radius 2 is 2.20 bits per heavy atom. The number of nitrogens with two attached hydrogens (primary N) is 1. The van der Waals surface area contributed by atoms with Gasteiger partial charge in [0, 0.05) is 19.0 Å². The smallest absolute Gasteiger partial charge is 0.268 e. The summed E-state index contributed by atoms with van der Waals surface area (Å²) in [5, 5.41) is 0. The molecule has 2 aromatic heterocycles. The second-order valence-corrected chi connectivity index (χ2v) is 4.29. The third-order valence-electron chi connectivity index (χ3n) is 2.79. The van der Waals surface area contributed by atoms with E-state index in [9.17, 15) is 4.79 Å². The van der Waals surface area contributed by atoms with Crippen molar-refractivity contribution in [1.82, 2.24) is 10.4 Å². The van der Waals surface area contributed by atoms with E-state index in [1.165, 1.54) is 11.8 Å². The number of nitrogens with one attached hydrogen (secondary N) is 1. The molecule has 0 saturated heterocycles. The molecule has 0 spiro atoms. The molecule has 2 heterocycles. The monoisotopic (exact) mass is 275 g/mol. The summed E-state index contributed by atoms with van der Waals surface area (Å²) in [6.07, 6.45) is 6.78. The van der Waals surface area contributed by atoms with Crippen LogP contribution in [-0.4, -0.2) is 17.5 Å². The third-order valence-corrected chi connectivity index (χ3v) is 2.79. The Balaban J connectivity index is 1.66. The Bertz CT molecular complexity index is 540. The Hall–Kier alpha value is -2.18. The van der Waals surface area contributed by atoms with Crippen LogP contribution in [0.4, 0.5) is 0 Å². The first kappa shape index (κ1) is 14.2. The van der Waals surface area contributed by atoms with E-state index in [4.69, 9.17) is 15.0 Å². The van der Waals surface area contributed by atoms with E-state index in [2.05, 4.69) is 4.98 Å². The minimum atomic E-state index is -0.377. The van der Waals surface area contributed by atoms with Gasteiger partial charge >= 0.3 is 0 Å². The van der Waals surface area contributed by atoms with Gasteiger partial charge in [-0.1, -0.05) is 0 Å². The standard InChI is InChI=1S/C14H17N3O3/c15-17-14(18)12-8-13(20-9-12)10-19-7-1-2-11-3-5-16-6-4-11/h3-6,8-9H,1-2,7,10,15H2,(H,17,18). The first-order valence-corrected chi connectivity index (χ1v) is 6.34. The van der Waals surface area contributed by atoms with E-state index in [-0.39, 0.29) is 5.91 Å². The first-order chi connectivity index (χ1) is 9.79. The van der Waals surface area contributed by atoms with Crippen LogP contribution >= 0.6 is 0 Å². The highest BCUT2D eigenvalue weighted by atomic mass is 16.5. The Morgan fingerprint density at radius 1 is 1.40 bits per heavy atom. The molecule has 1 amide bonds. The maximum Gasteiger partial charge on any atom is 0.268 e. The molecule has 0 unspecified atom stereocenters. The minimum Gasteiger partial charge on any atom is -0.466 e. The summed E-state index contributed by atoms with van der Waals surface area (Å²) in [6, 6.07) is 5.60. The van der Waals surface area contributed by atoms with E-state index in [1.807, 2.05) is 17.6 Å². The SMILES string of the molecule is NNC(=O)c1coc(COCCCc2ccncc2)c1. The van der Waals surface area contributed by atoms with Gasteiger partial charge < -0.3 is 9.15 Å². The van der Waals surface area contributed by atoms with Gasteiger partial charge in [-0.05, 0) is 36.6 Å². The van der Waals surface area contributed by atoms with Crippen LogP contribution in [0.5, 0.6) is 0 Å². The van der Waals surface area contributed by atoms with Crippen molar-refractivity contribution in [2.45, 2.75) is 19.4 Å². The van der Waals surface area contributed by atoms with Crippen molar-refractivity contribution < 1.29 is 13.9 Å². The van der Waals surface area contributed by atoms with Crippen molar-refractivity contribution in [3.05, 3.63) is 53.7 Å². The number of carbonyl (C=O) groups is 1. The van der Waals surface area contributed by atoms with Crippen molar-refractivity contribution >= 4 is 5.91 Å². The number of furan rings is 1. The molecule has 0 fully saturated rings. The van der Waals surface area contributed by atoms with Crippen LogP contribution in [0.25, 0.3) is 0 Å². The molecule has 106 valence electrons. The largest absolute Gasteiger partial charge is 0.466 e. The van der Waals surface area contributed by atoms with Crippen molar-refractivity contribution in [3.8, 4) is 0 Å². The topological polar surface area (TPSA) is 90.4 Å². The van der Waals surface area contributed by atoms with Gasteiger partial charge in [0.2, 0.25) is 0 Å². The lowest BCUT2D eigenvalue weighted by atomic mass is 10.1. The zero-order chi connectivity index (χ0) is 14.2. The van der Waals surface area contributed by atoms with Gasteiger partial charge in [0.25, 0.3) is 5.91 Å². The second-order valence-electron chi connectivity index (χ2n) is 4.29.